The fourth-order valence-corrected chi connectivity index (χ4v) is 4.16. The maximum Gasteiger partial charge on any atom is 0.340 e. The summed E-state index contributed by atoms with van der Waals surface area (Å²) in [6.45, 7) is 5.65. The van der Waals surface area contributed by atoms with Crippen molar-refractivity contribution in [3.63, 3.8) is 0 Å². The summed E-state index contributed by atoms with van der Waals surface area (Å²) in [6.07, 6.45) is 5.14. The fraction of sp³-hybridized carbons (Fsp3) is 0.458. The van der Waals surface area contributed by atoms with Gasteiger partial charge in [0.2, 0.25) is 0 Å². The van der Waals surface area contributed by atoms with Crippen LogP contribution in [-0.2, 0) is 9.53 Å². The molecule has 0 atom stereocenters. The number of nitrogens with one attached hydrogen (secondary N) is 1. The number of ether oxygens (including phenoxy) is 1. The van der Waals surface area contributed by atoms with Crippen molar-refractivity contribution in [2.24, 2.45) is 0 Å². The summed E-state index contributed by atoms with van der Waals surface area (Å²) in [6, 6.07) is 7.62. The molecular weight excluding hydrogens is 380 g/mol. The van der Waals surface area contributed by atoms with E-state index in [0.29, 0.717) is 22.4 Å². The highest BCUT2D eigenvalue weighted by atomic mass is 16.5. The first-order valence-electron chi connectivity index (χ1n) is 10.6. The molecule has 1 fully saturated rings. The van der Waals surface area contributed by atoms with Gasteiger partial charge in [0.25, 0.3) is 11.7 Å². The minimum Gasteiger partial charge on any atom is -0.462 e. The Morgan fingerprint density at radius 3 is 2.30 bits per heavy atom. The molecule has 1 aromatic carbocycles. The quantitative estimate of drug-likeness (QED) is 0.433. The SMILES string of the molecule is CCOC(=O)c1c(C)[nH]c(C(=O)C(=O)N(C)C2CCCCC2)c1-c1ccc(C)cc1. The smallest absolute Gasteiger partial charge is 0.340 e. The Morgan fingerprint density at radius 1 is 1.07 bits per heavy atom. The molecule has 1 aliphatic rings. The largest absolute Gasteiger partial charge is 0.462 e. The first kappa shape index (κ1) is 21.8. The van der Waals surface area contributed by atoms with E-state index in [1.165, 1.54) is 6.42 Å². The Morgan fingerprint density at radius 2 is 1.70 bits per heavy atom. The summed E-state index contributed by atoms with van der Waals surface area (Å²) >= 11 is 0. The van der Waals surface area contributed by atoms with Crippen LogP contribution < -0.4 is 0 Å². The predicted octanol–water partition coefficient (Wildman–Crippen LogP) is 4.45. The monoisotopic (exact) mass is 410 g/mol. The van der Waals surface area contributed by atoms with Crippen molar-refractivity contribution in [1.82, 2.24) is 9.88 Å². The van der Waals surface area contributed by atoms with Gasteiger partial charge in [0, 0.05) is 24.3 Å². The second kappa shape index (κ2) is 9.28. The minimum absolute atomic E-state index is 0.0820. The maximum absolute atomic E-state index is 13.3. The summed E-state index contributed by atoms with van der Waals surface area (Å²) < 4.78 is 5.23. The third-order valence-electron chi connectivity index (χ3n) is 5.87. The molecule has 1 aromatic heterocycles. The molecule has 1 saturated carbocycles. The molecular formula is C24H30N2O4. The van der Waals surface area contributed by atoms with Crippen LogP contribution in [-0.4, -0.2) is 47.2 Å². The van der Waals surface area contributed by atoms with Gasteiger partial charge < -0.3 is 14.6 Å². The topological polar surface area (TPSA) is 79.5 Å². The number of aryl methyl sites for hydroxylation is 2. The Kier molecular flexibility index (Phi) is 6.75. The van der Waals surface area contributed by atoms with Crippen molar-refractivity contribution in [2.75, 3.05) is 13.7 Å². The number of hydrogen-bond donors (Lipinski definition) is 1. The zero-order chi connectivity index (χ0) is 21.8. The van der Waals surface area contributed by atoms with Crippen LogP contribution >= 0.6 is 0 Å². The Balaban J connectivity index is 2.03. The second-order valence-electron chi connectivity index (χ2n) is 8.00. The lowest BCUT2D eigenvalue weighted by Crippen LogP contribution is -2.42. The number of aromatic amines is 1. The van der Waals surface area contributed by atoms with E-state index in [1.807, 2.05) is 31.2 Å². The van der Waals surface area contributed by atoms with E-state index < -0.39 is 17.7 Å². The number of rotatable bonds is 6. The number of nitrogens with zero attached hydrogens (tertiary/aromatic N) is 1. The molecule has 6 nitrogen and oxygen atoms in total. The van der Waals surface area contributed by atoms with Crippen LogP contribution in [0, 0.1) is 13.8 Å². The van der Waals surface area contributed by atoms with Crippen LogP contribution in [0.3, 0.4) is 0 Å². The van der Waals surface area contributed by atoms with Crippen LogP contribution in [0.25, 0.3) is 11.1 Å². The summed E-state index contributed by atoms with van der Waals surface area (Å²) in [5, 5.41) is 0. The van der Waals surface area contributed by atoms with Crippen LogP contribution in [0.15, 0.2) is 24.3 Å². The van der Waals surface area contributed by atoms with Gasteiger partial charge in [-0.2, -0.15) is 0 Å². The Bertz CT molecular complexity index is 937. The van der Waals surface area contributed by atoms with Crippen LogP contribution in [0.5, 0.6) is 0 Å². The van der Waals surface area contributed by atoms with E-state index in [4.69, 9.17) is 4.74 Å². The molecule has 6 heteroatoms. The van der Waals surface area contributed by atoms with Gasteiger partial charge in [-0.3, -0.25) is 9.59 Å². The van der Waals surface area contributed by atoms with E-state index in [1.54, 1.807) is 25.8 Å². The van der Waals surface area contributed by atoms with Gasteiger partial charge in [0.15, 0.2) is 0 Å². The van der Waals surface area contributed by atoms with Crippen LogP contribution in [0.1, 0.15) is 71.1 Å². The molecule has 1 heterocycles. The van der Waals surface area contributed by atoms with E-state index in [9.17, 15) is 14.4 Å². The normalized spacial score (nSPS) is 14.4. The highest BCUT2D eigenvalue weighted by Gasteiger charge is 2.33. The highest BCUT2D eigenvalue weighted by Crippen LogP contribution is 2.32. The molecule has 1 N–H and O–H groups in total. The third-order valence-corrected chi connectivity index (χ3v) is 5.87. The Labute approximate surface area is 177 Å². The maximum atomic E-state index is 13.3. The molecule has 1 aliphatic carbocycles. The van der Waals surface area contributed by atoms with Crippen molar-refractivity contribution in [2.45, 2.75) is 58.9 Å². The molecule has 0 saturated heterocycles. The van der Waals surface area contributed by atoms with Crippen molar-refractivity contribution in [1.29, 1.82) is 0 Å². The number of esters is 1. The number of ketones is 1. The van der Waals surface area contributed by atoms with Gasteiger partial charge in [0.05, 0.1) is 12.2 Å². The first-order chi connectivity index (χ1) is 14.3. The van der Waals surface area contributed by atoms with Crippen molar-refractivity contribution in [3.8, 4) is 11.1 Å². The second-order valence-corrected chi connectivity index (χ2v) is 8.00. The molecule has 0 radical (unpaired) electrons. The predicted molar refractivity (Wildman–Crippen MR) is 116 cm³/mol. The number of likely N-dealkylation sites (N-methyl/N-ethyl adjacent to an activating group) is 1. The standard InChI is InChI=1S/C24H30N2O4/c1-5-30-24(29)19-16(3)25-21(20(19)17-13-11-15(2)12-14-17)22(27)23(28)26(4)18-9-7-6-8-10-18/h11-14,18,25H,5-10H2,1-4H3. The van der Waals surface area contributed by atoms with Gasteiger partial charge in [-0.25, -0.2) is 4.79 Å². The molecule has 30 heavy (non-hydrogen) atoms. The van der Waals surface area contributed by atoms with Gasteiger partial charge in [-0.1, -0.05) is 49.1 Å². The van der Waals surface area contributed by atoms with E-state index in [-0.39, 0.29) is 18.3 Å². The van der Waals surface area contributed by atoms with Gasteiger partial charge in [-0.05, 0) is 39.2 Å². The zero-order valence-electron chi connectivity index (χ0n) is 18.2. The number of carbonyl (C=O) groups is 3. The zero-order valence-corrected chi connectivity index (χ0v) is 18.2. The molecule has 2 aromatic rings. The molecule has 1 amide bonds. The number of benzene rings is 1. The number of Topliss-reactive ketones (excluding diaryl/α,β-unsaturated/α-hetero) is 1. The molecule has 160 valence electrons. The van der Waals surface area contributed by atoms with E-state index >= 15 is 0 Å². The summed E-state index contributed by atoms with van der Waals surface area (Å²) in [4.78, 5) is 43.5. The lowest BCUT2D eigenvalue weighted by Gasteiger charge is -2.30. The van der Waals surface area contributed by atoms with Gasteiger partial charge in [-0.15, -0.1) is 0 Å². The minimum atomic E-state index is -0.628. The van der Waals surface area contributed by atoms with E-state index in [0.717, 1.165) is 31.2 Å². The number of amides is 1. The molecule has 0 bridgehead atoms. The summed E-state index contributed by atoms with van der Waals surface area (Å²) in [5.41, 5.74) is 3.15. The summed E-state index contributed by atoms with van der Waals surface area (Å²) in [5.74, 6) is -1.68. The first-order valence-corrected chi connectivity index (χ1v) is 10.6. The molecule has 3 rings (SSSR count). The van der Waals surface area contributed by atoms with Crippen molar-refractivity contribution >= 4 is 17.7 Å². The summed E-state index contributed by atoms with van der Waals surface area (Å²) in [7, 11) is 1.70. The average Bonchev–Trinajstić information content (AvgIpc) is 3.10. The molecule has 0 aliphatic heterocycles. The number of hydrogen-bond acceptors (Lipinski definition) is 4. The van der Waals surface area contributed by atoms with Gasteiger partial charge in [0.1, 0.15) is 5.69 Å². The van der Waals surface area contributed by atoms with Gasteiger partial charge >= 0.3 is 5.97 Å². The third kappa shape index (κ3) is 4.32. The molecule has 0 unspecified atom stereocenters. The van der Waals surface area contributed by atoms with Crippen molar-refractivity contribution < 1.29 is 19.1 Å². The highest BCUT2D eigenvalue weighted by molar-refractivity contribution is 6.43. The van der Waals surface area contributed by atoms with Crippen LogP contribution in [0.4, 0.5) is 0 Å². The van der Waals surface area contributed by atoms with E-state index in [2.05, 4.69) is 4.98 Å². The lowest BCUT2D eigenvalue weighted by atomic mass is 9.93. The van der Waals surface area contributed by atoms with Crippen molar-refractivity contribution in [3.05, 3.63) is 46.8 Å². The Hall–Kier alpha value is -2.89. The fourth-order valence-electron chi connectivity index (χ4n) is 4.16. The lowest BCUT2D eigenvalue weighted by molar-refractivity contribution is -0.127. The molecule has 0 spiro atoms. The number of carbonyl (C=O) groups excluding carboxylic acids is 3. The average molecular weight is 411 g/mol. The number of H-pyrrole nitrogens is 1. The number of aromatic nitrogens is 1. The van der Waals surface area contributed by atoms with Crippen LogP contribution in [0.2, 0.25) is 0 Å².